The van der Waals surface area contributed by atoms with Crippen LogP contribution in [0, 0.1) is 5.92 Å². The van der Waals surface area contributed by atoms with Crippen LogP contribution in [-0.4, -0.2) is 24.4 Å². The summed E-state index contributed by atoms with van der Waals surface area (Å²) in [5.74, 6) is 0.999. The lowest BCUT2D eigenvalue weighted by atomic mass is 10.5. The number of sulfone groups is 1. The van der Waals surface area contributed by atoms with Gasteiger partial charge in [0.25, 0.3) is 5.89 Å². The number of hydrogen-bond donors (Lipinski definition) is 0. The molecule has 0 unspecified atom stereocenters. The second-order valence-corrected chi connectivity index (χ2v) is 7.49. The first-order chi connectivity index (χ1) is 9.02. The van der Waals surface area contributed by atoms with Crippen molar-refractivity contribution in [2.24, 2.45) is 5.92 Å². The fraction of sp³-hybridized carbons (Fsp3) is 0.455. The van der Waals surface area contributed by atoms with E-state index >= 15 is 0 Å². The van der Waals surface area contributed by atoms with Crippen LogP contribution >= 0.6 is 15.9 Å². The van der Waals surface area contributed by atoms with E-state index in [0.717, 1.165) is 12.8 Å². The fourth-order valence-electron chi connectivity index (χ4n) is 1.73. The van der Waals surface area contributed by atoms with Crippen LogP contribution in [-0.2, 0) is 15.6 Å². The van der Waals surface area contributed by atoms with Crippen molar-refractivity contribution in [2.45, 2.75) is 18.6 Å². The maximum Gasteiger partial charge on any atom is 0.283 e. The first-order valence-electron chi connectivity index (χ1n) is 5.80. The molecule has 0 aromatic carbocycles. The third-order valence-corrected chi connectivity index (χ3v) is 4.87. The molecule has 1 saturated carbocycles. The molecule has 0 radical (unpaired) electrons. The van der Waals surface area contributed by atoms with Crippen molar-refractivity contribution in [3.8, 4) is 11.7 Å². The average molecular weight is 347 g/mol. The monoisotopic (exact) mass is 346 g/mol. The van der Waals surface area contributed by atoms with Crippen LogP contribution in [0.5, 0.6) is 0 Å². The minimum atomic E-state index is -3.17. The van der Waals surface area contributed by atoms with Gasteiger partial charge >= 0.3 is 0 Å². The minimum Gasteiger partial charge on any atom is -0.444 e. The average Bonchev–Trinajstić information content (AvgIpc) is 2.84. The van der Waals surface area contributed by atoms with Crippen molar-refractivity contribution >= 4 is 25.8 Å². The Kier molecular flexibility index (Phi) is 3.22. The van der Waals surface area contributed by atoms with Gasteiger partial charge in [0.05, 0.1) is 5.75 Å². The SMILES string of the molecule is O=S(=O)(Cc1nnc(-c2ccc(Br)o2)o1)CC1CC1. The van der Waals surface area contributed by atoms with E-state index in [0.29, 0.717) is 16.3 Å². The van der Waals surface area contributed by atoms with Gasteiger partial charge in [0, 0.05) is 0 Å². The smallest absolute Gasteiger partial charge is 0.283 e. The molecule has 6 nitrogen and oxygen atoms in total. The van der Waals surface area contributed by atoms with Crippen molar-refractivity contribution in [3.63, 3.8) is 0 Å². The molecule has 2 aromatic rings. The Morgan fingerprint density at radius 2 is 2.05 bits per heavy atom. The van der Waals surface area contributed by atoms with E-state index in [1.165, 1.54) is 0 Å². The van der Waals surface area contributed by atoms with E-state index in [1.807, 2.05) is 0 Å². The molecule has 0 saturated heterocycles. The summed E-state index contributed by atoms with van der Waals surface area (Å²) in [6.07, 6.45) is 1.99. The van der Waals surface area contributed by atoms with E-state index < -0.39 is 9.84 Å². The quantitative estimate of drug-likeness (QED) is 0.826. The van der Waals surface area contributed by atoms with Crippen LogP contribution in [0.25, 0.3) is 11.7 Å². The summed E-state index contributed by atoms with van der Waals surface area (Å²) >= 11 is 3.17. The molecule has 8 heteroatoms. The highest BCUT2D eigenvalue weighted by molar-refractivity contribution is 9.10. The van der Waals surface area contributed by atoms with Crippen molar-refractivity contribution in [1.29, 1.82) is 0 Å². The van der Waals surface area contributed by atoms with E-state index in [4.69, 9.17) is 8.83 Å². The Labute approximate surface area is 118 Å². The molecular weight excluding hydrogens is 336 g/mol. The molecule has 1 fully saturated rings. The molecule has 19 heavy (non-hydrogen) atoms. The zero-order chi connectivity index (χ0) is 13.5. The standard InChI is InChI=1S/C11H11BrN2O4S/c12-9-4-3-8(17-9)11-14-13-10(18-11)6-19(15,16)5-7-1-2-7/h3-4,7H,1-2,5-6H2. The second kappa shape index (κ2) is 4.75. The van der Waals surface area contributed by atoms with Crippen LogP contribution in [0.4, 0.5) is 0 Å². The maximum absolute atomic E-state index is 11.8. The van der Waals surface area contributed by atoms with Crippen molar-refractivity contribution in [3.05, 3.63) is 22.7 Å². The summed E-state index contributed by atoms with van der Waals surface area (Å²) in [5.41, 5.74) is 0. The zero-order valence-electron chi connectivity index (χ0n) is 9.87. The van der Waals surface area contributed by atoms with Crippen molar-refractivity contribution in [2.75, 3.05) is 5.75 Å². The highest BCUT2D eigenvalue weighted by atomic mass is 79.9. The van der Waals surface area contributed by atoms with Gasteiger partial charge in [-0.15, -0.1) is 10.2 Å². The number of aromatic nitrogens is 2. The van der Waals surface area contributed by atoms with Gasteiger partial charge in [0.2, 0.25) is 5.89 Å². The zero-order valence-corrected chi connectivity index (χ0v) is 12.3. The Balaban J connectivity index is 1.74. The van der Waals surface area contributed by atoms with Crippen LogP contribution in [0.1, 0.15) is 18.7 Å². The largest absolute Gasteiger partial charge is 0.444 e. The normalized spacial score (nSPS) is 15.8. The lowest BCUT2D eigenvalue weighted by Crippen LogP contribution is -2.10. The minimum absolute atomic E-state index is 0.100. The first kappa shape index (κ1) is 12.9. The van der Waals surface area contributed by atoms with E-state index in [1.54, 1.807) is 12.1 Å². The molecule has 3 rings (SSSR count). The summed E-state index contributed by atoms with van der Waals surface area (Å²) in [5, 5.41) is 7.53. The maximum atomic E-state index is 11.8. The number of hydrogen-bond acceptors (Lipinski definition) is 6. The molecule has 2 aromatic heterocycles. The molecule has 0 bridgehead atoms. The van der Waals surface area contributed by atoms with E-state index in [-0.39, 0.29) is 23.3 Å². The Bertz CT molecular complexity index is 687. The second-order valence-electron chi connectivity index (χ2n) is 4.60. The van der Waals surface area contributed by atoms with Crippen molar-refractivity contribution < 1.29 is 17.3 Å². The van der Waals surface area contributed by atoms with Crippen LogP contribution in [0.15, 0.2) is 25.6 Å². The molecule has 2 heterocycles. The molecular formula is C11H11BrN2O4S. The molecule has 0 N–H and O–H groups in total. The van der Waals surface area contributed by atoms with Gasteiger partial charge in [-0.05, 0) is 46.8 Å². The van der Waals surface area contributed by atoms with Gasteiger partial charge < -0.3 is 8.83 Å². The summed E-state index contributed by atoms with van der Waals surface area (Å²) in [6.45, 7) is 0. The Hall–Kier alpha value is -1.15. The van der Waals surface area contributed by atoms with Gasteiger partial charge in [-0.3, -0.25) is 0 Å². The molecule has 0 spiro atoms. The van der Waals surface area contributed by atoms with Gasteiger partial charge in [-0.2, -0.15) is 0 Å². The van der Waals surface area contributed by atoms with Gasteiger partial charge in [-0.1, -0.05) is 0 Å². The third kappa shape index (κ3) is 3.24. The third-order valence-electron chi connectivity index (χ3n) is 2.78. The highest BCUT2D eigenvalue weighted by Crippen LogP contribution is 2.31. The predicted molar refractivity (Wildman–Crippen MR) is 69.9 cm³/mol. The summed E-state index contributed by atoms with van der Waals surface area (Å²) in [6, 6.07) is 3.36. The first-order valence-corrected chi connectivity index (χ1v) is 8.42. The number of halogens is 1. The van der Waals surface area contributed by atoms with E-state index in [2.05, 4.69) is 26.1 Å². The van der Waals surface area contributed by atoms with Crippen LogP contribution in [0.2, 0.25) is 0 Å². The summed E-state index contributed by atoms with van der Waals surface area (Å²) < 4.78 is 34.8. The van der Waals surface area contributed by atoms with Crippen molar-refractivity contribution in [1.82, 2.24) is 10.2 Å². The summed E-state index contributed by atoms with van der Waals surface area (Å²) in [7, 11) is -3.17. The van der Waals surface area contributed by atoms with E-state index in [9.17, 15) is 8.42 Å². The molecule has 102 valence electrons. The lowest BCUT2D eigenvalue weighted by molar-refractivity contribution is 0.482. The van der Waals surface area contributed by atoms with Gasteiger partial charge in [0.1, 0.15) is 5.75 Å². The molecule has 0 atom stereocenters. The summed E-state index contributed by atoms with van der Waals surface area (Å²) in [4.78, 5) is 0. The Morgan fingerprint density at radius 1 is 1.26 bits per heavy atom. The van der Waals surface area contributed by atoms with Gasteiger partial charge in [-0.25, -0.2) is 8.42 Å². The number of rotatable bonds is 5. The fourth-order valence-corrected chi connectivity index (χ4v) is 3.70. The highest BCUT2D eigenvalue weighted by Gasteiger charge is 2.29. The molecule has 1 aliphatic rings. The van der Waals surface area contributed by atoms with Crippen LogP contribution in [0.3, 0.4) is 0 Å². The number of nitrogens with zero attached hydrogens (tertiary/aromatic N) is 2. The molecule has 1 aliphatic carbocycles. The van der Waals surface area contributed by atoms with Gasteiger partial charge in [0.15, 0.2) is 20.3 Å². The lowest BCUT2D eigenvalue weighted by Gasteiger charge is -1.98. The topological polar surface area (TPSA) is 86.2 Å². The number of furan rings is 1. The Morgan fingerprint density at radius 3 is 2.68 bits per heavy atom. The van der Waals surface area contributed by atoms with Crippen LogP contribution < -0.4 is 0 Å². The molecule has 0 amide bonds. The molecule has 0 aliphatic heterocycles. The predicted octanol–water partition coefficient (Wildman–Crippen LogP) is 2.42.